The molecule has 0 radical (unpaired) electrons. The maximum absolute atomic E-state index is 12.1. The van der Waals surface area contributed by atoms with Crippen molar-refractivity contribution in [3.05, 3.63) is 0 Å². The van der Waals surface area contributed by atoms with Crippen LogP contribution in [0.1, 0.15) is 70.6 Å². The summed E-state index contributed by atoms with van der Waals surface area (Å²) in [6, 6.07) is 0.424. The van der Waals surface area contributed by atoms with E-state index in [4.69, 9.17) is 5.73 Å². The van der Waals surface area contributed by atoms with E-state index < -0.39 is 0 Å². The molecule has 0 atom stereocenters. The Balaban J connectivity index is 1.75. The topological polar surface area (TPSA) is 55.1 Å². The maximum Gasteiger partial charge on any atom is 0.220 e. The Morgan fingerprint density at radius 2 is 1.67 bits per heavy atom. The fraction of sp³-hybridized carbons (Fsp3) is 0.933. The Morgan fingerprint density at radius 1 is 1.06 bits per heavy atom. The zero-order valence-electron chi connectivity index (χ0n) is 11.5. The lowest BCUT2D eigenvalue weighted by atomic mass is 9.66. The molecule has 2 fully saturated rings. The van der Waals surface area contributed by atoms with Crippen LogP contribution < -0.4 is 11.1 Å². The van der Waals surface area contributed by atoms with E-state index in [1.54, 1.807) is 0 Å². The zero-order chi connectivity index (χ0) is 12.8. The lowest BCUT2D eigenvalue weighted by Gasteiger charge is -2.40. The van der Waals surface area contributed by atoms with Crippen molar-refractivity contribution in [2.24, 2.45) is 11.1 Å². The van der Waals surface area contributed by atoms with Crippen molar-refractivity contribution in [1.82, 2.24) is 5.32 Å². The molecule has 2 aliphatic rings. The van der Waals surface area contributed by atoms with Gasteiger partial charge in [-0.25, -0.2) is 0 Å². The standard InChI is InChI=1S/C15H28N2O/c16-12-15(9-6-10-15)11-14(18)17-13-7-4-2-1-3-5-8-13/h13H,1-12,16H2,(H,17,18). The quantitative estimate of drug-likeness (QED) is 0.808. The van der Waals surface area contributed by atoms with Gasteiger partial charge in [0.1, 0.15) is 0 Å². The summed E-state index contributed by atoms with van der Waals surface area (Å²) in [6.45, 7) is 0.672. The van der Waals surface area contributed by atoms with Crippen LogP contribution >= 0.6 is 0 Å². The monoisotopic (exact) mass is 252 g/mol. The minimum atomic E-state index is 0.145. The summed E-state index contributed by atoms with van der Waals surface area (Å²) in [7, 11) is 0. The normalized spacial score (nSPS) is 24.7. The highest BCUT2D eigenvalue weighted by molar-refractivity contribution is 5.77. The summed E-state index contributed by atoms with van der Waals surface area (Å²) in [5, 5.41) is 3.25. The predicted octanol–water partition coefficient (Wildman–Crippen LogP) is 2.73. The third-order valence-electron chi connectivity index (χ3n) is 4.85. The zero-order valence-corrected chi connectivity index (χ0v) is 11.5. The van der Waals surface area contributed by atoms with Gasteiger partial charge in [-0.1, -0.05) is 38.5 Å². The van der Waals surface area contributed by atoms with Crippen molar-refractivity contribution in [1.29, 1.82) is 0 Å². The number of hydrogen-bond acceptors (Lipinski definition) is 2. The molecule has 0 bridgehead atoms. The van der Waals surface area contributed by atoms with Gasteiger partial charge in [-0.15, -0.1) is 0 Å². The van der Waals surface area contributed by atoms with E-state index in [1.165, 1.54) is 51.4 Å². The molecule has 2 aliphatic carbocycles. The number of carbonyl (C=O) groups excluding carboxylic acids is 1. The highest BCUT2D eigenvalue weighted by atomic mass is 16.1. The first-order valence-corrected chi connectivity index (χ1v) is 7.74. The minimum Gasteiger partial charge on any atom is -0.353 e. The van der Waals surface area contributed by atoms with Crippen LogP contribution in [-0.2, 0) is 4.79 Å². The van der Waals surface area contributed by atoms with E-state index in [0.29, 0.717) is 19.0 Å². The van der Waals surface area contributed by atoms with Gasteiger partial charge in [0.05, 0.1) is 0 Å². The second-order valence-corrected chi connectivity index (χ2v) is 6.34. The van der Waals surface area contributed by atoms with Crippen molar-refractivity contribution in [3.8, 4) is 0 Å². The number of carbonyl (C=O) groups is 1. The van der Waals surface area contributed by atoms with Crippen LogP contribution in [0.2, 0.25) is 0 Å². The summed E-state index contributed by atoms with van der Waals surface area (Å²) >= 11 is 0. The van der Waals surface area contributed by atoms with Crippen molar-refractivity contribution in [2.75, 3.05) is 6.54 Å². The molecule has 0 unspecified atom stereocenters. The van der Waals surface area contributed by atoms with Crippen LogP contribution in [-0.4, -0.2) is 18.5 Å². The van der Waals surface area contributed by atoms with E-state index >= 15 is 0 Å². The van der Waals surface area contributed by atoms with Gasteiger partial charge in [0.2, 0.25) is 5.91 Å². The van der Waals surface area contributed by atoms with Gasteiger partial charge in [-0.05, 0) is 37.6 Å². The van der Waals surface area contributed by atoms with Gasteiger partial charge >= 0.3 is 0 Å². The van der Waals surface area contributed by atoms with Crippen LogP contribution in [0.3, 0.4) is 0 Å². The third-order valence-corrected chi connectivity index (χ3v) is 4.85. The van der Waals surface area contributed by atoms with Crippen LogP contribution in [0.4, 0.5) is 0 Å². The van der Waals surface area contributed by atoms with E-state index in [1.807, 2.05) is 0 Å². The van der Waals surface area contributed by atoms with E-state index in [-0.39, 0.29) is 11.3 Å². The molecular formula is C15H28N2O. The Labute approximate surface area is 111 Å². The van der Waals surface area contributed by atoms with Gasteiger partial charge in [0.25, 0.3) is 0 Å². The lowest BCUT2D eigenvalue weighted by molar-refractivity contribution is -0.125. The number of nitrogens with one attached hydrogen (secondary N) is 1. The summed E-state index contributed by atoms with van der Waals surface area (Å²) in [4.78, 5) is 12.1. The molecule has 104 valence electrons. The Hall–Kier alpha value is -0.570. The van der Waals surface area contributed by atoms with Gasteiger partial charge < -0.3 is 11.1 Å². The van der Waals surface area contributed by atoms with Gasteiger partial charge in [-0.2, -0.15) is 0 Å². The molecule has 0 aliphatic heterocycles. The fourth-order valence-electron chi connectivity index (χ4n) is 3.35. The molecule has 0 aromatic carbocycles. The van der Waals surface area contributed by atoms with Gasteiger partial charge in [-0.3, -0.25) is 4.79 Å². The van der Waals surface area contributed by atoms with Crippen LogP contribution in [0.5, 0.6) is 0 Å². The molecule has 3 heteroatoms. The number of nitrogens with two attached hydrogens (primary N) is 1. The number of rotatable bonds is 4. The highest BCUT2D eigenvalue weighted by Gasteiger charge is 2.37. The van der Waals surface area contributed by atoms with E-state index in [2.05, 4.69) is 5.32 Å². The first kappa shape index (κ1) is 13.9. The molecule has 3 nitrogen and oxygen atoms in total. The maximum atomic E-state index is 12.1. The number of hydrogen-bond donors (Lipinski definition) is 2. The van der Waals surface area contributed by atoms with E-state index in [0.717, 1.165) is 12.8 Å². The molecule has 3 N–H and O–H groups in total. The molecule has 2 rings (SSSR count). The Kier molecular flexibility index (Phi) is 5.04. The fourth-order valence-corrected chi connectivity index (χ4v) is 3.35. The molecule has 0 saturated heterocycles. The van der Waals surface area contributed by atoms with Crippen LogP contribution in [0.15, 0.2) is 0 Å². The molecule has 18 heavy (non-hydrogen) atoms. The second-order valence-electron chi connectivity index (χ2n) is 6.34. The molecule has 0 heterocycles. The van der Waals surface area contributed by atoms with Crippen molar-refractivity contribution in [3.63, 3.8) is 0 Å². The largest absolute Gasteiger partial charge is 0.353 e. The average molecular weight is 252 g/mol. The Morgan fingerprint density at radius 3 is 2.17 bits per heavy atom. The molecule has 2 saturated carbocycles. The molecule has 0 spiro atoms. The highest BCUT2D eigenvalue weighted by Crippen LogP contribution is 2.42. The molecular weight excluding hydrogens is 224 g/mol. The van der Waals surface area contributed by atoms with E-state index in [9.17, 15) is 4.79 Å². The molecule has 0 aromatic heterocycles. The van der Waals surface area contributed by atoms with Crippen molar-refractivity contribution < 1.29 is 4.79 Å². The predicted molar refractivity (Wildman–Crippen MR) is 74.2 cm³/mol. The van der Waals surface area contributed by atoms with Crippen molar-refractivity contribution >= 4 is 5.91 Å². The third kappa shape index (κ3) is 3.71. The van der Waals surface area contributed by atoms with Gasteiger partial charge in [0.15, 0.2) is 0 Å². The summed E-state index contributed by atoms with van der Waals surface area (Å²) in [5.74, 6) is 0.241. The SMILES string of the molecule is NCC1(CC(=O)NC2CCCCCCC2)CCC1. The average Bonchev–Trinajstić information content (AvgIpc) is 2.27. The second kappa shape index (κ2) is 6.55. The first-order chi connectivity index (χ1) is 8.74. The molecule has 0 aromatic rings. The summed E-state index contributed by atoms with van der Waals surface area (Å²) in [6.07, 6.45) is 13.1. The first-order valence-electron chi connectivity index (χ1n) is 7.74. The van der Waals surface area contributed by atoms with Gasteiger partial charge in [0, 0.05) is 12.5 Å². The minimum absolute atomic E-state index is 0.145. The van der Waals surface area contributed by atoms with Crippen LogP contribution in [0.25, 0.3) is 0 Å². The summed E-state index contributed by atoms with van der Waals surface area (Å²) < 4.78 is 0. The Bertz CT molecular complexity index is 260. The number of amides is 1. The lowest BCUT2D eigenvalue weighted by Crippen LogP contribution is -2.44. The summed E-state index contributed by atoms with van der Waals surface area (Å²) in [5.41, 5.74) is 5.96. The smallest absolute Gasteiger partial charge is 0.220 e. The van der Waals surface area contributed by atoms with Crippen LogP contribution in [0, 0.1) is 5.41 Å². The molecule has 1 amide bonds. The van der Waals surface area contributed by atoms with Crippen molar-refractivity contribution in [2.45, 2.75) is 76.7 Å².